The number of rotatable bonds is 1. The normalized spacial score (nSPS) is 26.4. The topological polar surface area (TPSA) is 12.0 Å². The highest BCUT2D eigenvalue weighted by atomic mass is 19.1. The third-order valence-corrected chi connectivity index (χ3v) is 3.38. The average molecular weight is 225 g/mol. The molecule has 88 valence electrons. The van der Waals surface area contributed by atoms with Crippen molar-refractivity contribution in [3.05, 3.63) is 35.4 Å². The van der Waals surface area contributed by atoms with Gasteiger partial charge < -0.3 is 5.32 Å². The van der Waals surface area contributed by atoms with Gasteiger partial charge in [-0.2, -0.15) is 0 Å². The van der Waals surface area contributed by atoms with Crippen LogP contribution in [0, 0.1) is 11.6 Å². The Morgan fingerprint density at radius 3 is 2.50 bits per heavy atom. The average Bonchev–Trinajstić information content (AvgIpc) is 2.43. The second-order valence-electron chi connectivity index (χ2n) is 4.67. The molecule has 1 aliphatic rings. The molecule has 0 bridgehead atoms. The van der Waals surface area contributed by atoms with E-state index in [9.17, 15) is 8.78 Å². The van der Waals surface area contributed by atoms with Crippen LogP contribution in [0.2, 0.25) is 0 Å². The third kappa shape index (κ3) is 2.09. The van der Waals surface area contributed by atoms with Crippen LogP contribution in [0.25, 0.3) is 0 Å². The summed E-state index contributed by atoms with van der Waals surface area (Å²) in [4.78, 5) is 0. The Hall–Kier alpha value is -0.960. The minimum Gasteiger partial charge on any atom is -0.307 e. The van der Waals surface area contributed by atoms with Crippen molar-refractivity contribution in [3.8, 4) is 0 Å². The van der Waals surface area contributed by atoms with E-state index in [2.05, 4.69) is 5.32 Å². The van der Waals surface area contributed by atoms with Gasteiger partial charge >= 0.3 is 0 Å². The second-order valence-corrected chi connectivity index (χ2v) is 4.67. The van der Waals surface area contributed by atoms with Gasteiger partial charge in [0, 0.05) is 11.1 Å². The van der Waals surface area contributed by atoms with Gasteiger partial charge in [0.1, 0.15) is 11.6 Å². The summed E-state index contributed by atoms with van der Waals surface area (Å²) in [6.45, 7) is 2.71. The molecule has 3 heteroatoms. The Labute approximate surface area is 94.9 Å². The fourth-order valence-corrected chi connectivity index (χ4v) is 2.47. The molecule has 1 aromatic rings. The lowest BCUT2D eigenvalue weighted by atomic mass is 9.87. The lowest BCUT2D eigenvalue weighted by molar-refractivity contribution is 0.329. The Kier molecular flexibility index (Phi) is 3.24. The smallest absolute Gasteiger partial charge is 0.131 e. The van der Waals surface area contributed by atoms with E-state index in [1.54, 1.807) is 0 Å². The van der Waals surface area contributed by atoms with Gasteiger partial charge in [0.05, 0.1) is 0 Å². The van der Waals surface area contributed by atoms with E-state index in [4.69, 9.17) is 0 Å². The van der Waals surface area contributed by atoms with Crippen molar-refractivity contribution in [2.24, 2.45) is 0 Å². The van der Waals surface area contributed by atoms with Crippen molar-refractivity contribution >= 4 is 0 Å². The van der Waals surface area contributed by atoms with Gasteiger partial charge in [0.15, 0.2) is 0 Å². The molecule has 1 unspecified atom stereocenters. The summed E-state index contributed by atoms with van der Waals surface area (Å²) < 4.78 is 27.5. The number of nitrogens with one attached hydrogen (secondary N) is 1. The molecule has 0 spiro atoms. The van der Waals surface area contributed by atoms with Crippen molar-refractivity contribution in [2.45, 2.75) is 38.1 Å². The monoisotopic (exact) mass is 225 g/mol. The fraction of sp³-hybridized carbons (Fsp3) is 0.538. The second kappa shape index (κ2) is 4.50. The summed E-state index contributed by atoms with van der Waals surface area (Å²) in [5.41, 5.74) is -0.372. The molecule has 0 saturated carbocycles. The van der Waals surface area contributed by atoms with E-state index >= 15 is 0 Å². The first kappa shape index (κ1) is 11.5. The molecule has 1 heterocycles. The summed E-state index contributed by atoms with van der Waals surface area (Å²) >= 11 is 0. The van der Waals surface area contributed by atoms with Crippen LogP contribution < -0.4 is 5.32 Å². The van der Waals surface area contributed by atoms with Crippen molar-refractivity contribution in [1.82, 2.24) is 5.32 Å². The number of hydrogen-bond donors (Lipinski definition) is 1. The first-order valence-electron chi connectivity index (χ1n) is 5.83. The SMILES string of the molecule is CC1(c2c(F)cccc2F)CCCCCN1. The van der Waals surface area contributed by atoms with Crippen molar-refractivity contribution < 1.29 is 8.78 Å². The van der Waals surface area contributed by atoms with E-state index in [0.29, 0.717) is 0 Å². The molecule has 1 aromatic carbocycles. The predicted molar refractivity (Wildman–Crippen MR) is 60.2 cm³/mol. The maximum absolute atomic E-state index is 13.7. The van der Waals surface area contributed by atoms with Crippen LogP contribution in [0.1, 0.15) is 38.2 Å². The summed E-state index contributed by atoms with van der Waals surface area (Å²) in [7, 11) is 0. The Balaban J connectivity index is 2.40. The Bertz CT molecular complexity index is 348. The quantitative estimate of drug-likeness (QED) is 0.773. The maximum atomic E-state index is 13.7. The molecule has 1 N–H and O–H groups in total. The molecule has 0 amide bonds. The summed E-state index contributed by atoms with van der Waals surface area (Å²) in [6, 6.07) is 4.07. The van der Waals surface area contributed by atoms with E-state index in [-0.39, 0.29) is 5.56 Å². The van der Waals surface area contributed by atoms with E-state index < -0.39 is 17.2 Å². The maximum Gasteiger partial charge on any atom is 0.131 e. The van der Waals surface area contributed by atoms with Crippen LogP contribution in [0.5, 0.6) is 0 Å². The van der Waals surface area contributed by atoms with Gasteiger partial charge in [0.25, 0.3) is 0 Å². The Morgan fingerprint density at radius 1 is 1.12 bits per heavy atom. The van der Waals surface area contributed by atoms with Gasteiger partial charge in [-0.15, -0.1) is 0 Å². The van der Waals surface area contributed by atoms with Crippen LogP contribution in [-0.2, 0) is 5.54 Å². The van der Waals surface area contributed by atoms with Crippen molar-refractivity contribution in [3.63, 3.8) is 0 Å². The molecule has 0 radical (unpaired) electrons. The molecular weight excluding hydrogens is 208 g/mol. The number of halogens is 2. The lowest BCUT2D eigenvalue weighted by Crippen LogP contribution is -2.40. The molecular formula is C13H17F2N. The zero-order valence-electron chi connectivity index (χ0n) is 9.52. The standard InChI is InChI=1S/C13H17F2N/c1-13(8-3-2-4-9-16-13)12-10(14)6-5-7-11(12)15/h5-7,16H,2-4,8-9H2,1H3. The van der Waals surface area contributed by atoms with Gasteiger partial charge in [-0.25, -0.2) is 8.78 Å². The predicted octanol–water partition coefficient (Wildman–Crippen LogP) is 3.34. The summed E-state index contributed by atoms with van der Waals surface area (Å²) in [6.07, 6.45) is 3.99. The van der Waals surface area contributed by atoms with Crippen LogP contribution in [0.4, 0.5) is 8.78 Å². The molecule has 2 rings (SSSR count). The van der Waals surface area contributed by atoms with Crippen LogP contribution in [0.15, 0.2) is 18.2 Å². The van der Waals surface area contributed by atoms with Gasteiger partial charge in [0.2, 0.25) is 0 Å². The number of benzene rings is 1. The molecule has 1 fully saturated rings. The van der Waals surface area contributed by atoms with E-state index in [1.807, 2.05) is 6.92 Å². The number of hydrogen-bond acceptors (Lipinski definition) is 1. The van der Waals surface area contributed by atoms with Crippen LogP contribution in [0.3, 0.4) is 0 Å². The van der Waals surface area contributed by atoms with E-state index in [1.165, 1.54) is 18.2 Å². The third-order valence-electron chi connectivity index (χ3n) is 3.38. The molecule has 0 aromatic heterocycles. The first-order valence-corrected chi connectivity index (χ1v) is 5.83. The lowest BCUT2D eigenvalue weighted by Gasteiger charge is -2.30. The largest absolute Gasteiger partial charge is 0.307 e. The highest BCUT2D eigenvalue weighted by molar-refractivity contribution is 5.27. The molecule has 1 saturated heterocycles. The van der Waals surface area contributed by atoms with Crippen molar-refractivity contribution in [1.29, 1.82) is 0 Å². The summed E-state index contributed by atoms with van der Waals surface area (Å²) in [5, 5.41) is 3.28. The molecule has 1 aliphatic heterocycles. The van der Waals surface area contributed by atoms with E-state index in [0.717, 1.165) is 32.2 Å². The van der Waals surface area contributed by atoms with Gasteiger partial charge in [-0.1, -0.05) is 18.9 Å². The van der Waals surface area contributed by atoms with Gasteiger partial charge in [-0.3, -0.25) is 0 Å². The molecule has 1 atom stereocenters. The zero-order chi connectivity index (χ0) is 11.6. The fourth-order valence-electron chi connectivity index (χ4n) is 2.47. The highest BCUT2D eigenvalue weighted by Gasteiger charge is 2.32. The van der Waals surface area contributed by atoms with Crippen LogP contribution in [-0.4, -0.2) is 6.54 Å². The van der Waals surface area contributed by atoms with Crippen LogP contribution >= 0.6 is 0 Å². The Morgan fingerprint density at radius 2 is 1.81 bits per heavy atom. The highest BCUT2D eigenvalue weighted by Crippen LogP contribution is 2.32. The molecule has 16 heavy (non-hydrogen) atoms. The molecule has 0 aliphatic carbocycles. The minimum atomic E-state index is -0.564. The minimum absolute atomic E-state index is 0.192. The summed E-state index contributed by atoms with van der Waals surface area (Å²) in [5.74, 6) is -0.895. The first-order chi connectivity index (χ1) is 7.63. The zero-order valence-corrected chi connectivity index (χ0v) is 9.52. The van der Waals surface area contributed by atoms with Gasteiger partial charge in [-0.05, 0) is 38.4 Å². The molecule has 1 nitrogen and oxygen atoms in total. The van der Waals surface area contributed by atoms with Crippen molar-refractivity contribution in [2.75, 3.05) is 6.54 Å².